The number of carbonyl (C=O) groups is 2. The molecule has 3 atom stereocenters. The zero-order valence-electron chi connectivity index (χ0n) is 13.4. The second-order valence-electron chi connectivity index (χ2n) is 5.84. The van der Waals surface area contributed by atoms with E-state index in [0.29, 0.717) is 11.0 Å². The van der Waals surface area contributed by atoms with Gasteiger partial charge in [0.15, 0.2) is 0 Å². The molecule has 3 rings (SSSR count). The molecule has 2 fully saturated rings. The molecule has 3 aliphatic rings. The van der Waals surface area contributed by atoms with Crippen molar-refractivity contribution >= 4 is 29.5 Å². The first kappa shape index (κ1) is 18.3. The van der Waals surface area contributed by atoms with Gasteiger partial charge >= 0.3 is 12.0 Å². The van der Waals surface area contributed by atoms with Gasteiger partial charge < -0.3 is 21.3 Å². The highest BCUT2D eigenvalue weighted by Gasteiger charge is 2.42. The van der Waals surface area contributed by atoms with Gasteiger partial charge in [0.2, 0.25) is 0 Å². The predicted octanol–water partition coefficient (Wildman–Crippen LogP) is 1.97. The van der Waals surface area contributed by atoms with Crippen LogP contribution in [-0.2, 0) is 4.79 Å². The Hall–Kier alpha value is -2.05. The lowest BCUT2D eigenvalue weighted by Crippen LogP contribution is -2.36. The summed E-state index contributed by atoms with van der Waals surface area (Å²) in [6.07, 6.45) is 11.1. The number of amides is 2. The van der Waals surface area contributed by atoms with Gasteiger partial charge in [-0.15, -0.1) is 0 Å². The average molecular weight is 350 g/mol. The third-order valence-electron chi connectivity index (χ3n) is 4.06. The number of thioether (sulfide) groups is 1. The van der Waals surface area contributed by atoms with Crippen molar-refractivity contribution in [3.8, 4) is 0 Å². The number of hydrogen-bond donors (Lipinski definition) is 3. The average Bonchev–Trinajstić information content (AvgIpc) is 3.12. The minimum Gasteiger partial charge on any atom is -0.481 e. The number of allylic oxidation sites excluding steroid dienone is 4. The van der Waals surface area contributed by atoms with E-state index in [1.165, 1.54) is 0 Å². The molecular weight excluding hydrogens is 328 g/mol. The molecule has 0 spiro atoms. The lowest BCUT2D eigenvalue weighted by Gasteiger charge is -2.16. The molecule has 0 aromatic carbocycles. The maximum Gasteiger partial charge on any atom is 0.315 e. The first-order chi connectivity index (χ1) is 11.6. The summed E-state index contributed by atoms with van der Waals surface area (Å²) >= 11 is 1.87. The fraction of sp³-hybridized carbons (Fsp3) is 0.562. The molecule has 24 heavy (non-hydrogen) atoms. The van der Waals surface area contributed by atoms with E-state index < -0.39 is 5.97 Å². The van der Waals surface area contributed by atoms with E-state index in [1.807, 2.05) is 30.0 Å². The van der Waals surface area contributed by atoms with Crippen LogP contribution in [0.25, 0.3) is 5.53 Å². The molecule has 0 radical (unpaired) electrons. The molecule has 0 unspecified atom stereocenters. The predicted molar refractivity (Wildman–Crippen MR) is 93.1 cm³/mol. The van der Waals surface area contributed by atoms with Crippen molar-refractivity contribution in [2.24, 2.45) is 0 Å². The lowest BCUT2D eigenvalue weighted by atomic mass is 10.0. The second-order valence-corrected chi connectivity index (χ2v) is 7.12. The van der Waals surface area contributed by atoms with E-state index in [0.717, 1.165) is 31.4 Å². The molecule has 1 aliphatic carbocycles. The van der Waals surface area contributed by atoms with E-state index in [2.05, 4.69) is 15.4 Å². The Morgan fingerprint density at radius 3 is 2.83 bits per heavy atom. The van der Waals surface area contributed by atoms with Crippen LogP contribution in [0.2, 0.25) is 0 Å². The summed E-state index contributed by atoms with van der Waals surface area (Å²) in [7, 11) is 0. The van der Waals surface area contributed by atoms with Gasteiger partial charge in [-0.1, -0.05) is 24.6 Å². The van der Waals surface area contributed by atoms with Crippen molar-refractivity contribution < 1.29 is 19.5 Å². The highest BCUT2D eigenvalue weighted by Crippen LogP contribution is 2.33. The number of aliphatic carboxylic acids is 1. The van der Waals surface area contributed by atoms with Crippen molar-refractivity contribution in [2.45, 2.75) is 49.4 Å². The number of hydrogen-bond acceptors (Lipinski definition) is 3. The van der Waals surface area contributed by atoms with Crippen molar-refractivity contribution in [2.75, 3.05) is 5.75 Å². The number of rotatable bonds is 5. The Kier molecular flexibility index (Phi) is 7.08. The van der Waals surface area contributed by atoms with Gasteiger partial charge in [-0.25, -0.2) is 4.79 Å². The van der Waals surface area contributed by atoms with Gasteiger partial charge in [-0.05, 0) is 12.8 Å². The molecule has 8 heteroatoms. The fourth-order valence-corrected chi connectivity index (χ4v) is 4.38. The van der Waals surface area contributed by atoms with Crippen LogP contribution >= 0.6 is 11.8 Å². The van der Waals surface area contributed by atoms with Crippen LogP contribution in [0, 0.1) is 0 Å². The van der Waals surface area contributed by atoms with Gasteiger partial charge in [0, 0.05) is 23.5 Å². The van der Waals surface area contributed by atoms with Crippen LogP contribution in [0.1, 0.15) is 32.1 Å². The number of carboxylic acid groups (broad SMARTS) is 1. The van der Waals surface area contributed by atoms with Crippen LogP contribution in [-0.4, -0.2) is 50.7 Å². The van der Waals surface area contributed by atoms with Crippen LogP contribution in [0.4, 0.5) is 4.79 Å². The Morgan fingerprint density at radius 2 is 2.21 bits per heavy atom. The summed E-state index contributed by atoms with van der Waals surface area (Å²) in [6.45, 7) is 0. The summed E-state index contributed by atoms with van der Waals surface area (Å²) < 4.78 is 0. The molecule has 2 amide bonds. The first-order valence-electron chi connectivity index (χ1n) is 8.04. The zero-order valence-corrected chi connectivity index (χ0v) is 14.2. The van der Waals surface area contributed by atoms with Crippen molar-refractivity contribution in [1.82, 2.24) is 10.6 Å². The standard InChI is InChI=1S/C10H16N2O3S.C6H6N2/c13-8(14)4-2-1-3-7-9-6(5-16-7)11-10(15)12-9;7-8-6-4-2-1-3-5-6/h6-7,9H,1-5H2,(H,13,14)(H2,11,12,15);1-4H,5H2/t6-,7-,9-;/m0./s1. The zero-order chi connectivity index (χ0) is 17.4. The summed E-state index contributed by atoms with van der Waals surface area (Å²) in [6, 6.07) is 0.440. The number of carbonyl (C=O) groups excluding carboxylic acids is 1. The quantitative estimate of drug-likeness (QED) is 0.304. The largest absolute Gasteiger partial charge is 0.481 e. The number of carboxylic acids is 1. The molecule has 0 saturated carbocycles. The minimum atomic E-state index is -0.729. The van der Waals surface area contributed by atoms with E-state index in [-0.39, 0.29) is 24.5 Å². The van der Waals surface area contributed by atoms with Crippen molar-refractivity contribution in [3.63, 3.8) is 0 Å². The Balaban J connectivity index is 0.000000219. The molecule has 2 heterocycles. The van der Waals surface area contributed by atoms with Crippen molar-refractivity contribution in [3.05, 3.63) is 29.8 Å². The topological polar surface area (TPSA) is 115 Å². The van der Waals surface area contributed by atoms with Gasteiger partial charge in [0.1, 0.15) is 0 Å². The monoisotopic (exact) mass is 350 g/mol. The van der Waals surface area contributed by atoms with E-state index >= 15 is 0 Å². The van der Waals surface area contributed by atoms with Crippen LogP contribution < -0.4 is 10.6 Å². The lowest BCUT2D eigenvalue weighted by molar-refractivity contribution is -0.137. The number of fused-ring (bicyclic) bond motifs is 1. The molecule has 130 valence electrons. The first-order valence-corrected chi connectivity index (χ1v) is 9.09. The third-order valence-corrected chi connectivity index (χ3v) is 5.57. The molecule has 0 aromatic rings. The Bertz CT molecular complexity index is 584. The third kappa shape index (κ3) is 5.54. The maximum atomic E-state index is 11.1. The highest BCUT2D eigenvalue weighted by molar-refractivity contribution is 8.00. The molecule has 0 aromatic heterocycles. The Labute approximate surface area is 145 Å². The van der Waals surface area contributed by atoms with Gasteiger partial charge in [-0.2, -0.15) is 16.6 Å². The van der Waals surface area contributed by atoms with Gasteiger partial charge in [0.05, 0.1) is 18.5 Å². The molecule has 7 nitrogen and oxygen atoms in total. The van der Waals surface area contributed by atoms with Crippen LogP contribution in [0.15, 0.2) is 24.3 Å². The number of urea groups is 1. The molecule has 2 aliphatic heterocycles. The molecule has 2 saturated heterocycles. The number of unbranched alkanes of at least 4 members (excludes halogenated alkanes) is 1. The van der Waals surface area contributed by atoms with Crippen LogP contribution in [0.5, 0.6) is 0 Å². The SMILES string of the molecule is O=C(O)CCCC[C@@H]1SC[C@@H]2NC(=O)N[C@@H]21.[N-]=[N+]=C1C=CC=CC1. The smallest absolute Gasteiger partial charge is 0.315 e. The highest BCUT2D eigenvalue weighted by atomic mass is 32.2. The van der Waals surface area contributed by atoms with Crippen LogP contribution in [0.3, 0.4) is 0 Å². The summed E-state index contributed by atoms with van der Waals surface area (Å²) in [5.41, 5.74) is 8.91. The normalized spacial score (nSPS) is 26.8. The molecule has 3 N–H and O–H groups in total. The van der Waals surface area contributed by atoms with E-state index in [9.17, 15) is 9.59 Å². The molecular formula is C16H22N4O3S. The van der Waals surface area contributed by atoms with E-state index in [1.54, 1.807) is 6.08 Å². The van der Waals surface area contributed by atoms with Crippen molar-refractivity contribution in [1.29, 1.82) is 0 Å². The Morgan fingerprint density at radius 1 is 1.38 bits per heavy atom. The number of nitrogens with zero attached hydrogens (tertiary/aromatic N) is 2. The van der Waals surface area contributed by atoms with Gasteiger partial charge in [-0.3, -0.25) is 4.79 Å². The molecule has 0 bridgehead atoms. The summed E-state index contributed by atoms with van der Waals surface area (Å²) in [5.74, 6) is 0.236. The maximum absolute atomic E-state index is 11.1. The van der Waals surface area contributed by atoms with Gasteiger partial charge in [0.25, 0.3) is 5.71 Å². The second kappa shape index (κ2) is 9.30. The van der Waals surface area contributed by atoms with E-state index in [4.69, 9.17) is 10.6 Å². The summed E-state index contributed by atoms with van der Waals surface area (Å²) in [4.78, 5) is 24.5. The fourth-order valence-electron chi connectivity index (χ4n) is 2.84. The summed E-state index contributed by atoms with van der Waals surface area (Å²) in [5, 5.41) is 14.8. The number of nitrogens with one attached hydrogen (secondary N) is 2. The minimum absolute atomic E-state index is 0.0640.